The molecule has 0 aliphatic carbocycles. The van der Waals surface area contributed by atoms with Gasteiger partial charge in [0.05, 0.1) is 14.2 Å². The van der Waals surface area contributed by atoms with Gasteiger partial charge >= 0.3 is 6.61 Å². The topological polar surface area (TPSA) is 56.8 Å². The van der Waals surface area contributed by atoms with E-state index < -0.39 is 6.61 Å². The summed E-state index contributed by atoms with van der Waals surface area (Å²) in [6.45, 7) is -2.54. The van der Waals surface area contributed by atoms with Gasteiger partial charge in [0.2, 0.25) is 5.91 Å². The molecule has 7 heteroatoms. The van der Waals surface area contributed by atoms with Gasteiger partial charge in [0.1, 0.15) is 5.75 Å². The molecule has 144 valence electrons. The summed E-state index contributed by atoms with van der Waals surface area (Å²) in [5.41, 5.74) is 1.62. The Kier molecular flexibility index (Phi) is 7.61. The van der Waals surface area contributed by atoms with E-state index in [0.29, 0.717) is 18.7 Å². The van der Waals surface area contributed by atoms with E-state index in [9.17, 15) is 13.6 Å². The summed E-state index contributed by atoms with van der Waals surface area (Å²) in [4.78, 5) is 11.9. The van der Waals surface area contributed by atoms with Gasteiger partial charge < -0.3 is 19.5 Å². The molecule has 0 radical (unpaired) electrons. The molecule has 1 N–H and O–H groups in total. The lowest BCUT2D eigenvalue weighted by Crippen LogP contribution is -2.23. The number of hydrogen-bond donors (Lipinski definition) is 1. The Bertz CT molecular complexity index is 793. The molecule has 0 unspecified atom stereocenters. The van der Waals surface area contributed by atoms with Crippen LogP contribution in [0.2, 0.25) is 0 Å². The lowest BCUT2D eigenvalue weighted by atomic mass is 10.1. The van der Waals surface area contributed by atoms with E-state index in [1.807, 2.05) is 24.3 Å². The Morgan fingerprint density at radius 3 is 2.52 bits per heavy atom. The van der Waals surface area contributed by atoms with Crippen LogP contribution < -0.4 is 19.5 Å². The third-order valence-corrected chi connectivity index (χ3v) is 3.71. The Balaban J connectivity index is 1.88. The molecule has 0 atom stereocenters. The van der Waals surface area contributed by atoms with E-state index in [-0.39, 0.29) is 17.4 Å². The van der Waals surface area contributed by atoms with Gasteiger partial charge in [-0.3, -0.25) is 4.79 Å². The van der Waals surface area contributed by atoms with Crippen LogP contribution in [0.5, 0.6) is 17.2 Å². The zero-order chi connectivity index (χ0) is 19.6. The van der Waals surface area contributed by atoms with Crippen LogP contribution in [0, 0.1) is 0 Å². The Morgan fingerprint density at radius 1 is 1.07 bits per heavy atom. The highest BCUT2D eigenvalue weighted by atomic mass is 19.3. The number of carbonyl (C=O) groups excluding carboxylic acids is 1. The number of para-hydroxylation sites is 1. The highest BCUT2D eigenvalue weighted by molar-refractivity contribution is 5.92. The first-order chi connectivity index (χ1) is 13.0. The molecule has 0 saturated heterocycles. The number of hydrogen-bond acceptors (Lipinski definition) is 4. The molecule has 2 rings (SSSR count). The number of rotatable bonds is 9. The first-order valence-corrected chi connectivity index (χ1v) is 8.24. The largest absolute Gasteiger partial charge is 0.496 e. The fourth-order valence-electron chi connectivity index (χ4n) is 2.42. The minimum Gasteiger partial charge on any atom is -0.496 e. The number of nitrogens with one attached hydrogen (secondary N) is 1. The van der Waals surface area contributed by atoms with Gasteiger partial charge in [-0.15, -0.1) is 0 Å². The van der Waals surface area contributed by atoms with Crippen LogP contribution in [0.25, 0.3) is 6.08 Å². The molecular weight excluding hydrogens is 356 g/mol. The summed E-state index contributed by atoms with van der Waals surface area (Å²) < 4.78 is 39.3. The maximum Gasteiger partial charge on any atom is 0.387 e. The van der Waals surface area contributed by atoms with E-state index >= 15 is 0 Å². The second-order valence-electron chi connectivity index (χ2n) is 5.48. The first kappa shape index (κ1) is 20.2. The zero-order valence-electron chi connectivity index (χ0n) is 15.1. The lowest BCUT2D eigenvalue weighted by molar-refractivity contribution is -0.116. The number of carbonyl (C=O) groups is 1. The van der Waals surface area contributed by atoms with E-state index in [1.54, 1.807) is 25.3 Å². The Labute approximate surface area is 156 Å². The summed E-state index contributed by atoms with van der Waals surface area (Å²) in [6.07, 6.45) is 3.62. The molecule has 1 amide bonds. The van der Waals surface area contributed by atoms with Crippen molar-refractivity contribution in [2.24, 2.45) is 0 Å². The molecular formula is C20H21F2NO4. The summed E-state index contributed by atoms with van der Waals surface area (Å²) in [5.74, 6) is 0.625. The van der Waals surface area contributed by atoms with Crippen LogP contribution >= 0.6 is 0 Å². The van der Waals surface area contributed by atoms with Crippen LogP contribution in [0.1, 0.15) is 11.1 Å². The normalized spacial score (nSPS) is 10.9. The van der Waals surface area contributed by atoms with Crippen molar-refractivity contribution in [2.45, 2.75) is 13.0 Å². The molecule has 2 aromatic carbocycles. The van der Waals surface area contributed by atoms with E-state index in [1.165, 1.54) is 19.3 Å². The van der Waals surface area contributed by atoms with Crippen molar-refractivity contribution < 1.29 is 27.8 Å². The molecule has 2 aromatic rings. The summed E-state index contributed by atoms with van der Waals surface area (Å²) in [5, 5.41) is 2.76. The van der Waals surface area contributed by atoms with Crippen molar-refractivity contribution in [3.63, 3.8) is 0 Å². The average molecular weight is 377 g/mol. The Hall–Kier alpha value is -3.09. The van der Waals surface area contributed by atoms with Gasteiger partial charge in [-0.05, 0) is 36.3 Å². The Morgan fingerprint density at radius 2 is 1.81 bits per heavy atom. The standard InChI is InChI=1S/C20H21F2NO4/c1-25-16-6-4-3-5-15(16)8-10-19(24)23-12-11-14-7-9-17(27-20(21)22)18(13-14)26-2/h3-10,13,20H,11-12H2,1-2H3,(H,23,24)/b10-8+. The van der Waals surface area contributed by atoms with Crippen molar-refractivity contribution in [3.05, 3.63) is 59.7 Å². The highest BCUT2D eigenvalue weighted by Gasteiger charge is 2.11. The fourth-order valence-corrected chi connectivity index (χ4v) is 2.42. The molecule has 0 fully saturated rings. The lowest BCUT2D eigenvalue weighted by Gasteiger charge is -2.11. The third kappa shape index (κ3) is 6.29. The van der Waals surface area contributed by atoms with Crippen LogP contribution in [-0.4, -0.2) is 33.3 Å². The number of ether oxygens (including phenoxy) is 3. The SMILES string of the molecule is COc1ccccc1/C=C/C(=O)NCCc1ccc(OC(F)F)c(OC)c1. The average Bonchev–Trinajstić information content (AvgIpc) is 2.67. The van der Waals surface area contributed by atoms with E-state index in [0.717, 1.165) is 11.1 Å². The van der Waals surface area contributed by atoms with Crippen molar-refractivity contribution in [1.82, 2.24) is 5.32 Å². The van der Waals surface area contributed by atoms with Gasteiger partial charge in [-0.1, -0.05) is 24.3 Å². The fraction of sp³-hybridized carbons (Fsp3) is 0.250. The second kappa shape index (κ2) is 10.2. The zero-order valence-corrected chi connectivity index (χ0v) is 15.1. The van der Waals surface area contributed by atoms with Gasteiger partial charge in [-0.25, -0.2) is 0 Å². The number of amides is 1. The highest BCUT2D eigenvalue weighted by Crippen LogP contribution is 2.29. The predicted molar refractivity (Wildman–Crippen MR) is 98.4 cm³/mol. The molecule has 5 nitrogen and oxygen atoms in total. The van der Waals surface area contributed by atoms with Crippen LogP contribution in [0.3, 0.4) is 0 Å². The van der Waals surface area contributed by atoms with Crippen molar-refractivity contribution in [1.29, 1.82) is 0 Å². The summed E-state index contributed by atoms with van der Waals surface area (Å²) >= 11 is 0. The van der Waals surface area contributed by atoms with Crippen LogP contribution in [0.15, 0.2) is 48.5 Å². The minimum atomic E-state index is -2.92. The van der Waals surface area contributed by atoms with Crippen molar-refractivity contribution >= 4 is 12.0 Å². The first-order valence-electron chi connectivity index (χ1n) is 8.24. The summed E-state index contributed by atoms with van der Waals surface area (Å²) in [7, 11) is 2.94. The third-order valence-electron chi connectivity index (χ3n) is 3.71. The number of methoxy groups -OCH3 is 2. The number of halogens is 2. The van der Waals surface area contributed by atoms with E-state index in [2.05, 4.69) is 10.1 Å². The molecule has 0 heterocycles. The quantitative estimate of drug-likeness (QED) is 0.678. The summed E-state index contributed by atoms with van der Waals surface area (Å²) in [6, 6.07) is 12.0. The number of benzene rings is 2. The van der Waals surface area contributed by atoms with E-state index in [4.69, 9.17) is 9.47 Å². The predicted octanol–water partition coefficient (Wildman–Crippen LogP) is 3.68. The van der Waals surface area contributed by atoms with Crippen LogP contribution in [-0.2, 0) is 11.2 Å². The van der Waals surface area contributed by atoms with Gasteiger partial charge in [0.15, 0.2) is 11.5 Å². The molecule has 0 saturated carbocycles. The van der Waals surface area contributed by atoms with Gasteiger partial charge in [-0.2, -0.15) is 8.78 Å². The molecule has 0 aromatic heterocycles. The van der Waals surface area contributed by atoms with Crippen molar-refractivity contribution in [3.8, 4) is 17.2 Å². The second-order valence-corrected chi connectivity index (χ2v) is 5.48. The molecule has 0 bridgehead atoms. The molecule has 0 spiro atoms. The van der Waals surface area contributed by atoms with Crippen molar-refractivity contribution in [2.75, 3.05) is 20.8 Å². The van der Waals surface area contributed by atoms with Gasteiger partial charge in [0, 0.05) is 18.2 Å². The van der Waals surface area contributed by atoms with Crippen LogP contribution in [0.4, 0.5) is 8.78 Å². The minimum absolute atomic E-state index is 0.0278. The maximum atomic E-state index is 12.3. The smallest absolute Gasteiger partial charge is 0.387 e. The maximum absolute atomic E-state index is 12.3. The monoisotopic (exact) mass is 377 g/mol. The molecule has 0 aliphatic heterocycles. The molecule has 0 aliphatic rings. The van der Waals surface area contributed by atoms with Gasteiger partial charge in [0.25, 0.3) is 0 Å². The molecule has 27 heavy (non-hydrogen) atoms. The number of alkyl halides is 2.